The summed E-state index contributed by atoms with van der Waals surface area (Å²) in [4.78, 5) is 96.1. The van der Waals surface area contributed by atoms with Crippen molar-refractivity contribution in [3.8, 4) is 0 Å². The van der Waals surface area contributed by atoms with Crippen LogP contribution in [0.25, 0.3) is 0 Å². The molecule has 0 aromatic heterocycles. The summed E-state index contributed by atoms with van der Waals surface area (Å²) in [5.41, 5.74) is 6.67. The highest BCUT2D eigenvalue weighted by atomic mass is 16.4. The molecule has 0 heterocycles. The first-order chi connectivity index (χ1) is 21.1. The lowest BCUT2D eigenvalue weighted by Gasteiger charge is -2.23. The normalized spacial score (nSPS) is 13.9. The molecule has 0 saturated carbocycles. The maximum Gasteiger partial charge on any atom is 0.325 e. The van der Waals surface area contributed by atoms with Gasteiger partial charge in [-0.25, -0.2) is 0 Å². The second-order valence-electron chi connectivity index (χ2n) is 9.89. The topological polar surface area (TPSA) is 295 Å². The van der Waals surface area contributed by atoms with Crippen LogP contribution in [0.2, 0.25) is 0 Å². The molecule has 1 aromatic carbocycles. The van der Waals surface area contributed by atoms with E-state index < -0.39 is 110 Å². The van der Waals surface area contributed by atoms with Crippen LogP contribution in [0.15, 0.2) is 30.3 Å². The van der Waals surface area contributed by atoms with E-state index in [4.69, 9.17) is 15.9 Å². The smallest absolute Gasteiger partial charge is 0.325 e. The highest BCUT2D eigenvalue weighted by molar-refractivity contribution is 5.96. The van der Waals surface area contributed by atoms with Crippen molar-refractivity contribution in [3.05, 3.63) is 35.9 Å². The number of carboxylic acids is 2. The third-order valence-corrected chi connectivity index (χ3v) is 6.10. The van der Waals surface area contributed by atoms with Crippen molar-refractivity contribution in [2.75, 3.05) is 19.7 Å². The van der Waals surface area contributed by atoms with Gasteiger partial charge < -0.3 is 53.0 Å². The van der Waals surface area contributed by atoms with Crippen LogP contribution in [0.4, 0.5) is 0 Å². The molecule has 1 aromatic rings. The SMILES string of the molecule is C[C@H](NC(=O)CNC(=O)[C@H](C)NC(=O)[C@H](CO)NC(=O)[C@H](CCC(=O)O)NC(=O)CNC(=O)[C@@H](N)Cc1ccccc1)C(=O)O. The Morgan fingerprint density at radius 2 is 1.27 bits per heavy atom. The number of hydrogen-bond donors (Lipinski definition) is 10. The van der Waals surface area contributed by atoms with E-state index in [9.17, 15) is 43.5 Å². The Hall–Kier alpha value is -5.10. The number of nitrogens with one attached hydrogen (secondary N) is 6. The van der Waals surface area contributed by atoms with Crippen molar-refractivity contribution in [1.29, 1.82) is 0 Å². The third-order valence-electron chi connectivity index (χ3n) is 6.10. The number of aliphatic hydroxyl groups is 1. The first kappa shape index (κ1) is 37.9. The molecule has 248 valence electrons. The molecule has 0 spiro atoms. The molecule has 1 rings (SSSR count). The first-order valence-corrected chi connectivity index (χ1v) is 13.7. The fraction of sp³-hybridized carbons (Fsp3) is 0.481. The third kappa shape index (κ3) is 14.8. The van der Waals surface area contributed by atoms with Crippen LogP contribution < -0.4 is 37.6 Å². The molecule has 0 aliphatic heterocycles. The van der Waals surface area contributed by atoms with Gasteiger partial charge in [0.15, 0.2) is 0 Å². The largest absolute Gasteiger partial charge is 0.481 e. The summed E-state index contributed by atoms with van der Waals surface area (Å²) < 4.78 is 0. The standard InChI is InChI=1S/C27H39N7O11/c1-14(23(40)29-11-20(36)31-15(2)27(44)45)32-26(43)19(13-35)34-25(42)18(8-9-22(38)39)33-21(37)12-30-24(41)17(28)10-16-6-4-3-5-7-16/h3-7,14-15,17-19,35H,8-13,28H2,1-2H3,(H,29,40)(H,30,41)(H,31,36)(H,32,43)(H,33,37)(H,34,42)(H,38,39)(H,44,45)/t14-,15-,17-,18-,19-/m0/s1. The summed E-state index contributed by atoms with van der Waals surface area (Å²) in [6, 6.07) is 2.32. The molecule has 18 nitrogen and oxygen atoms in total. The number of aliphatic carboxylic acids is 2. The molecule has 0 saturated heterocycles. The molecule has 0 unspecified atom stereocenters. The van der Waals surface area contributed by atoms with Crippen molar-refractivity contribution in [2.24, 2.45) is 5.73 Å². The summed E-state index contributed by atoms with van der Waals surface area (Å²) in [7, 11) is 0. The fourth-order valence-electron chi connectivity index (χ4n) is 3.56. The quantitative estimate of drug-likeness (QED) is 0.0689. The van der Waals surface area contributed by atoms with Crippen molar-refractivity contribution in [1.82, 2.24) is 31.9 Å². The second-order valence-corrected chi connectivity index (χ2v) is 9.89. The van der Waals surface area contributed by atoms with E-state index in [1.165, 1.54) is 13.8 Å². The van der Waals surface area contributed by atoms with Gasteiger partial charge in [-0.15, -0.1) is 0 Å². The maximum atomic E-state index is 12.9. The van der Waals surface area contributed by atoms with Gasteiger partial charge >= 0.3 is 11.9 Å². The lowest BCUT2D eigenvalue weighted by Crippen LogP contribution is -2.58. The second kappa shape index (κ2) is 19.2. The van der Waals surface area contributed by atoms with Gasteiger partial charge in [-0.1, -0.05) is 30.3 Å². The van der Waals surface area contributed by atoms with Gasteiger partial charge in [0, 0.05) is 6.42 Å². The molecule has 0 fully saturated rings. The molecular weight excluding hydrogens is 598 g/mol. The van der Waals surface area contributed by atoms with E-state index in [-0.39, 0.29) is 6.42 Å². The van der Waals surface area contributed by atoms with Crippen molar-refractivity contribution in [2.45, 2.75) is 63.3 Å². The molecule has 0 aliphatic carbocycles. The van der Waals surface area contributed by atoms with E-state index in [0.717, 1.165) is 5.56 Å². The fourth-order valence-corrected chi connectivity index (χ4v) is 3.56. The Labute approximate surface area is 257 Å². The number of carboxylic acid groups (broad SMARTS) is 2. The number of nitrogens with two attached hydrogens (primary N) is 1. The monoisotopic (exact) mass is 637 g/mol. The van der Waals surface area contributed by atoms with Gasteiger partial charge in [0.1, 0.15) is 24.2 Å². The minimum Gasteiger partial charge on any atom is -0.481 e. The van der Waals surface area contributed by atoms with E-state index in [1.54, 1.807) is 30.3 Å². The average Bonchev–Trinajstić information content (AvgIpc) is 2.99. The number of carbonyl (C=O) groups is 8. The van der Waals surface area contributed by atoms with Crippen LogP contribution in [-0.2, 0) is 44.8 Å². The van der Waals surface area contributed by atoms with Gasteiger partial charge in [-0.2, -0.15) is 0 Å². The molecule has 0 radical (unpaired) electrons. The zero-order valence-electron chi connectivity index (χ0n) is 24.7. The summed E-state index contributed by atoms with van der Waals surface area (Å²) in [5, 5.41) is 40.8. The summed E-state index contributed by atoms with van der Waals surface area (Å²) in [6.07, 6.45) is -0.765. The van der Waals surface area contributed by atoms with Crippen molar-refractivity contribution >= 4 is 47.4 Å². The van der Waals surface area contributed by atoms with Crippen molar-refractivity contribution < 1.29 is 53.7 Å². The molecule has 0 aliphatic rings. The number of carbonyl (C=O) groups excluding carboxylic acids is 6. The molecular formula is C27H39N7O11. The lowest BCUT2D eigenvalue weighted by molar-refractivity contribution is -0.141. The zero-order chi connectivity index (χ0) is 34.1. The van der Waals surface area contributed by atoms with Gasteiger partial charge in [-0.05, 0) is 32.3 Å². The Morgan fingerprint density at radius 1 is 0.711 bits per heavy atom. The molecule has 11 N–H and O–H groups in total. The number of rotatable bonds is 19. The van der Waals surface area contributed by atoms with E-state index in [2.05, 4.69) is 31.9 Å². The highest BCUT2D eigenvalue weighted by Gasteiger charge is 2.29. The highest BCUT2D eigenvalue weighted by Crippen LogP contribution is 2.03. The van der Waals surface area contributed by atoms with E-state index in [1.807, 2.05) is 0 Å². The number of hydrogen-bond acceptors (Lipinski definition) is 10. The van der Waals surface area contributed by atoms with Gasteiger partial charge in [0.25, 0.3) is 0 Å². The zero-order valence-corrected chi connectivity index (χ0v) is 24.7. The van der Waals surface area contributed by atoms with Gasteiger partial charge in [-0.3, -0.25) is 38.4 Å². The summed E-state index contributed by atoms with van der Waals surface area (Å²) in [6.45, 7) is 0.310. The Bertz CT molecular complexity index is 1230. The number of aliphatic hydroxyl groups excluding tert-OH is 1. The number of amides is 6. The Morgan fingerprint density at radius 3 is 1.82 bits per heavy atom. The van der Waals surface area contributed by atoms with E-state index in [0.29, 0.717) is 0 Å². The van der Waals surface area contributed by atoms with Gasteiger partial charge in [0.2, 0.25) is 35.4 Å². The molecule has 0 bridgehead atoms. The molecule has 6 amide bonds. The minimum absolute atomic E-state index is 0.199. The molecule has 45 heavy (non-hydrogen) atoms. The molecule has 5 atom stereocenters. The Kier molecular flexibility index (Phi) is 16.2. The van der Waals surface area contributed by atoms with Crippen LogP contribution in [0.1, 0.15) is 32.3 Å². The van der Waals surface area contributed by atoms with E-state index >= 15 is 0 Å². The summed E-state index contributed by atoms with van der Waals surface area (Å²) >= 11 is 0. The maximum absolute atomic E-state index is 12.9. The predicted octanol–water partition coefficient (Wildman–Crippen LogP) is -4.29. The summed E-state index contributed by atoms with van der Waals surface area (Å²) in [5.74, 6) is -7.80. The van der Waals surface area contributed by atoms with Crippen LogP contribution >= 0.6 is 0 Å². The van der Waals surface area contributed by atoms with Gasteiger partial charge in [0.05, 0.1) is 25.7 Å². The Balaban J connectivity index is 2.70. The first-order valence-electron chi connectivity index (χ1n) is 13.7. The predicted molar refractivity (Wildman–Crippen MR) is 155 cm³/mol. The van der Waals surface area contributed by atoms with Crippen LogP contribution in [-0.4, -0.2) is 113 Å². The van der Waals surface area contributed by atoms with Crippen LogP contribution in [0, 0.1) is 0 Å². The molecule has 18 heteroatoms. The number of benzene rings is 1. The lowest BCUT2D eigenvalue weighted by atomic mass is 10.1. The average molecular weight is 638 g/mol. The van der Waals surface area contributed by atoms with Crippen LogP contribution in [0.3, 0.4) is 0 Å². The van der Waals surface area contributed by atoms with Crippen LogP contribution in [0.5, 0.6) is 0 Å². The van der Waals surface area contributed by atoms with Crippen molar-refractivity contribution in [3.63, 3.8) is 0 Å². The minimum atomic E-state index is -1.63.